The zero-order valence-electron chi connectivity index (χ0n) is 10.7. The number of fused-ring (bicyclic) bond motifs is 1. The van der Waals surface area contributed by atoms with E-state index in [1.54, 1.807) is 29.3 Å². The Kier molecular flexibility index (Phi) is 2.96. The number of hydrogen-bond donors (Lipinski definition) is 1. The number of nitrogens with two attached hydrogens (primary N) is 1. The molecule has 0 aliphatic rings. The van der Waals surface area contributed by atoms with E-state index in [2.05, 4.69) is 10.1 Å². The summed E-state index contributed by atoms with van der Waals surface area (Å²) >= 11 is 1.59. The van der Waals surface area contributed by atoms with E-state index < -0.39 is 0 Å². The molecular formula is C13H14N4OS. The predicted molar refractivity (Wildman–Crippen MR) is 75.4 cm³/mol. The van der Waals surface area contributed by atoms with Crippen molar-refractivity contribution < 1.29 is 4.74 Å². The summed E-state index contributed by atoms with van der Waals surface area (Å²) in [5.74, 6) is 0.831. The summed E-state index contributed by atoms with van der Waals surface area (Å²) in [4.78, 5) is 4.57. The molecule has 1 atom stereocenters. The summed E-state index contributed by atoms with van der Waals surface area (Å²) in [6, 6.07) is 5.59. The molecular weight excluding hydrogens is 260 g/mol. The van der Waals surface area contributed by atoms with Gasteiger partial charge in [0.15, 0.2) is 0 Å². The number of benzene rings is 1. The van der Waals surface area contributed by atoms with Crippen LogP contribution in [0.4, 0.5) is 0 Å². The molecule has 0 bridgehead atoms. The summed E-state index contributed by atoms with van der Waals surface area (Å²) in [5, 5.41) is 5.02. The third-order valence-electron chi connectivity index (χ3n) is 2.96. The van der Waals surface area contributed by atoms with E-state index in [1.807, 2.05) is 31.4 Å². The van der Waals surface area contributed by atoms with Crippen molar-refractivity contribution in [1.82, 2.24) is 14.8 Å². The third kappa shape index (κ3) is 2.20. The molecule has 0 spiro atoms. The van der Waals surface area contributed by atoms with E-state index in [9.17, 15) is 0 Å². The van der Waals surface area contributed by atoms with Gasteiger partial charge in [-0.2, -0.15) is 5.10 Å². The van der Waals surface area contributed by atoms with Gasteiger partial charge in [0.2, 0.25) is 0 Å². The van der Waals surface area contributed by atoms with Gasteiger partial charge in [-0.15, -0.1) is 11.3 Å². The van der Waals surface area contributed by atoms with Crippen LogP contribution in [0.1, 0.15) is 16.6 Å². The minimum Gasteiger partial charge on any atom is -0.497 e. The Balaban J connectivity index is 2.00. The van der Waals surface area contributed by atoms with Crippen molar-refractivity contribution >= 4 is 21.6 Å². The Bertz CT molecular complexity index is 718. The van der Waals surface area contributed by atoms with Gasteiger partial charge in [-0.1, -0.05) is 0 Å². The van der Waals surface area contributed by atoms with Crippen molar-refractivity contribution in [3.63, 3.8) is 0 Å². The maximum Gasteiger partial charge on any atom is 0.120 e. The summed E-state index contributed by atoms with van der Waals surface area (Å²) in [5.41, 5.74) is 8.14. The van der Waals surface area contributed by atoms with Crippen LogP contribution in [0.2, 0.25) is 0 Å². The van der Waals surface area contributed by atoms with Crippen LogP contribution < -0.4 is 10.5 Å². The highest BCUT2D eigenvalue weighted by Crippen LogP contribution is 2.30. The van der Waals surface area contributed by atoms with Gasteiger partial charge in [0.25, 0.3) is 0 Å². The van der Waals surface area contributed by atoms with Gasteiger partial charge in [-0.3, -0.25) is 4.68 Å². The molecule has 2 N–H and O–H groups in total. The summed E-state index contributed by atoms with van der Waals surface area (Å²) < 4.78 is 8.03. The van der Waals surface area contributed by atoms with Crippen LogP contribution in [0, 0.1) is 0 Å². The SMILES string of the molecule is COc1ccc2nc(C(N)c3cnn(C)c3)sc2c1. The fraction of sp³-hybridized carbons (Fsp3) is 0.231. The lowest BCUT2D eigenvalue weighted by molar-refractivity contribution is 0.415. The van der Waals surface area contributed by atoms with Gasteiger partial charge in [0.1, 0.15) is 10.8 Å². The smallest absolute Gasteiger partial charge is 0.120 e. The second-order valence-corrected chi connectivity index (χ2v) is 5.37. The van der Waals surface area contributed by atoms with Crippen LogP contribution in [-0.4, -0.2) is 21.9 Å². The zero-order valence-corrected chi connectivity index (χ0v) is 11.5. The molecule has 0 radical (unpaired) electrons. The maximum atomic E-state index is 6.23. The van der Waals surface area contributed by atoms with E-state index in [-0.39, 0.29) is 6.04 Å². The second kappa shape index (κ2) is 4.64. The molecule has 2 heterocycles. The highest BCUT2D eigenvalue weighted by atomic mass is 32.1. The van der Waals surface area contributed by atoms with E-state index in [4.69, 9.17) is 10.5 Å². The van der Waals surface area contributed by atoms with Gasteiger partial charge in [-0.05, 0) is 18.2 Å². The largest absolute Gasteiger partial charge is 0.497 e. The highest BCUT2D eigenvalue weighted by molar-refractivity contribution is 7.18. The van der Waals surface area contributed by atoms with Crippen LogP contribution in [0.3, 0.4) is 0 Å². The Morgan fingerprint density at radius 3 is 2.95 bits per heavy atom. The predicted octanol–water partition coefficient (Wildman–Crippen LogP) is 2.09. The molecule has 0 fully saturated rings. The van der Waals surface area contributed by atoms with Gasteiger partial charge in [0, 0.05) is 18.8 Å². The van der Waals surface area contributed by atoms with Crippen molar-refractivity contribution in [2.24, 2.45) is 12.8 Å². The van der Waals surface area contributed by atoms with Gasteiger partial charge >= 0.3 is 0 Å². The van der Waals surface area contributed by atoms with Crippen molar-refractivity contribution in [2.45, 2.75) is 6.04 Å². The lowest BCUT2D eigenvalue weighted by Crippen LogP contribution is -2.10. The monoisotopic (exact) mass is 274 g/mol. The minimum absolute atomic E-state index is 0.239. The maximum absolute atomic E-state index is 6.23. The molecule has 3 rings (SSSR count). The molecule has 0 aliphatic carbocycles. The highest BCUT2D eigenvalue weighted by Gasteiger charge is 2.15. The molecule has 1 unspecified atom stereocenters. The normalized spacial score (nSPS) is 12.8. The molecule has 5 nitrogen and oxygen atoms in total. The van der Waals surface area contributed by atoms with Crippen LogP contribution in [0.5, 0.6) is 5.75 Å². The molecule has 6 heteroatoms. The third-order valence-corrected chi connectivity index (χ3v) is 4.06. The van der Waals surface area contributed by atoms with E-state index in [0.717, 1.165) is 26.5 Å². The molecule has 0 saturated carbocycles. The average molecular weight is 274 g/mol. The fourth-order valence-electron chi connectivity index (χ4n) is 1.93. The molecule has 2 aromatic heterocycles. The lowest BCUT2D eigenvalue weighted by Gasteiger charge is -2.03. The number of ether oxygens (including phenoxy) is 1. The van der Waals surface area contributed by atoms with Gasteiger partial charge in [0.05, 0.1) is 29.6 Å². The fourth-order valence-corrected chi connectivity index (χ4v) is 2.95. The number of nitrogens with zero attached hydrogens (tertiary/aromatic N) is 3. The van der Waals surface area contributed by atoms with Crippen LogP contribution in [0.15, 0.2) is 30.6 Å². The number of methoxy groups -OCH3 is 1. The molecule has 3 aromatic rings. The molecule has 0 aliphatic heterocycles. The minimum atomic E-state index is -0.239. The molecule has 19 heavy (non-hydrogen) atoms. The van der Waals surface area contributed by atoms with E-state index in [0.29, 0.717) is 0 Å². The van der Waals surface area contributed by atoms with E-state index >= 15 is 0 Å². The van der Waals surface area contributed by atoms with Crippen molar-refractivity contribution in [2.75, 3.05) is 7.11 Å². The first-order valence-corrected chi connectivity index (χ1v) is 6.67. The second-order valence-electron chi connectivity index (χ2n) is 4.31. The number of hydrogen-bond acceptors (Lipinski definition) is 5. The van der Waals surface area contributed by atoms with Crippen LogP contribution in [-0.2, 0) is 7.05 Å². The number of thiazole rings is 1. The summed E-state index contributed by atoms with van der Waals surface area (Å²) in [6.07, 6.45) is 3.69. The summed E-state index contributed by atoms with van der Waals surface area (Å²) in [6.45, 7) is 0. The van der Waals surface area contributed by atoms with E-state index in [1.165, 1.54) is 0 Å². The van der Waals surface area contributed by atoms with Crippen molar-refractivity contribution in [3.8, 4) is 5.75 Å². The Morgan fingerprint density at radius 2 is 2.26 bits per heavy atom. The van der Waals surface area contributed by atoms with Crippen molar-refractivity contribution in [3.05, 3.63) is 41.2 Å². The first-order chi connectivity index (χ1) is 9.17. The van der Waals surface area contributed by atoms with Gasteiger partial charge in [-0.25, -0.2) is 4.98 Å². The Hall–Kier alpha value is -1.92. The number of aromatic nitrogens is 3. The number of rotatable bonds is 3. The average Bonchev–Trinajstić information content (AvgIpc) is 3.02. The van der Waals surface area contributed by atoms with Gasteiger partial charge < -0.3 is 10.5 Å². The molecule has 1 aromatic carbocycles. The molecule has 0 amide bonds. The Morgan fingerprint density at radius 1 is 1.42 bits per heavy atom. The first-order valence-electron chi connectivity index (χ1n) is 5.86. The zero-order chi connectivity index (χ0) is 13.4. The first kappa shape index (κ1) is 12.1. The standard InChI is InChI=1S/C13H14N4OS/c1-17-7-8(6-15-17)12(14)13-16-10-4-3-9(18-2)5-11(10)19-13/h3-7,12H,14H2,1-2H3. The lowest BCUT2D eigenvalue weighted by atomic mass is 10.2. The molecule has 0 saturated heterocycles. The number of aryl methyl sites for hydroxylation is 1. The quantitative estimate of drug-likeness (QED) is 0.794. The van der Waals surface area contributed by atoms with Crippen LogP contribution in [0.25, 0.3) is 10.2 Å². The Labute approximate surface area is 114 Å². The van der Waals surface area contributed by atoms with Crippen molar-refractivity contribution in [1.29, 1.82) is 0 Å². The molecule has 98 valence electrons. The van der Waals surface area contributed by atoms with Crippen LogP contribution >= 0.6 is 11.3 Å². The summed E-state index contributed by atoms with van der Waals surface area (Å²) in [7, 11) is 3.53. The topological polar surface area (TPSA) is 66.0 Å².